The molecule has 2 N–H and O–H groups in total. The zero-order chi connectivity index (χ0) is 14.7. The third-order valence-electron chi connectivity index (χ3n) is 3.69. The lowest BCUT2D eigenvalue weighted by molar-refractivity contribution is -0.122. The van der Waals surface area contributed by atoms with E-state index >= 15 is 0 Å². The van der Waals surface area contributed by atoms with E-state index < -0.39 is 12.1 Å². The first-order valence-corrected chi connectivity index (χ1v) is 7.19. The first kappa shape index (κ1) is 14.6. The Morgan fingerprint density at radius 1 is 1.35 bits per heavy atom. The van der Waals surface area contributed by atoms with Crippen molar-refractivity contribution < 1.29 is 9.59 Å². The van der Waals surface area contributed by atoms with Gasteiger partial charge in [0.15, 0.2) is 0 Å². The molecule has 3 amide bonds. The van der Waals surface area contributed by atoms with Crippen molar-refractivity contribution >= 4 is 11.9 Å². The van der Waals surface area contributed by atoms with E-state index in [2.05, 4.69) is 15.6 Å². The van der Waals surface area contributed by atoms with Crippen molar-refractivity contribution in [2.24, 2.45) is 0 Å². The van der Waals surface area contributed by atoms with Crippen LogP contribution in [0.25, 0.3) is 0 Å². The van der Waals surface area contributed by atoms with Crippen LogP contribution in [0.3, 0.4) is 0 Å². The van der Waals surface area contributed by atoms with E-state index in [1.165, 1.54) is 0 Å². The Kier molecular flexibility index (Phi) is 4.42. The highest BCUT2D eigenvalue weighted by molar-refractivity contribution is 5.96. The fourth-order valence-electron chi connectivity index (χ4n) is 2.75. The van der Waals surface area contributed by atoms with Gasteiger partial charge in [-0.2, -0.15) is 0 Å². The summed E-state index contributed by atoms with van der Waals surface area (Å²) in [4.78, 5) is 28.1. The fourth-order valence-corrected chi connectivity index (χ4v) is 2.75. The summed E-state index contributed by atoms with van der Waals surface area (Å²) < 4.78 is 1.96. The number of rotatable bonds is 3. The Labute approximate surface area is 119 Å². The monoisotopic (exact) mass is 278 g/mol. The molecule has 1 aliphatic rings. The number of hydrogen-bond donors (Lipinski definition) is 2. The van der Waals surface area contributed by atoms with Gasteiger partial charge in [-0.05, 0) is 46.5 Å². The normalized spacial score (nSPS) is 15.3. The zero-order valence-corrected chi connectivity index (χ0v) is 12.3. The third-order valence-corrected chi connectivity index (χ3v) is 3.69. The smallest absolute Gasteiger partial charge is 0.321 e. The molecule has 0 radical (unpaired) electrons. The minimum atomic E-state index is -0.448. The van der Waals surface area contributed by atoms with Crippen LogP contribution in [-0.4, -0.2) is 28.0 Å². The van der Waals surface area contributed by atoms with Crippen molar-refractivity contribution in [3.63, 3.8) is 0 Å². The van der Waals surface area contributed by atoms with Gasteiger partial charge in [-0.1, -0.05) is 0 Å². The lowest BCUT2D eigenvalue weighted by Gasteiger charge is -2.20. The summed E-state index contributed by atoms with van der Waals surface area (Å²) in [6, 6.07) is -0.872. The Bertz CT molecular complexity index is 521. The minimum absolute atomic E-state index is 0.301. The van der Waals surface area contributed by atoms with E-state index in [0.29, 0.717) is 6.54 Å². The van der Waals surface area contributed by atoms with Gasteiger partial charge >= 0.3 is 6.03 Å². The second-order valence-electron chi connectivity index (χ2n) is 5.15. The first-order valence-electron chi connectivity index (χ1n) is 7.19. The van der Waals surface area contributed by atoms with E-state index in [9.17, 15) is 9.59 Å². The lowest BCUT2D eigenvalue weighted by Crippen LogP contribution is -2.42. The molecule has 0 saturated carbocycles. The number of imidazole rings is 1. The third kappa shape index (κ3) is 2.84. The molecule has 0 saturated heterocycles. The number of aryl methyl sites for hydroxylation is 2. The Morgan fingerprint density at radius 2 is 2.05 bits per heavy atom. The van der Waals surface area contributed by atoms with Gasteiger partial charge in [0.05, 0.1) is 5.69 Å². The average Bonchev–Trinajstić information content (AvgIpc) is 2.73. The van der Waals surface area contributed by atoms with Gasteiger partial charge in [0.1, 0.15) is 11.9 Å². The molecule has 1 heterocycles. The molecule has 0 aromatic carbocycles. The summed E-state index contributed by atoms with van der Waals surface area (Å²) >= 11 is 0. The second kappa shape index (κ2) is 6.07. The number of nitrogens with one attached hydrogen (secondary N) is 2. The summed E-state index contributed by atoms with van der Waals surface area (Å²) in [5.41, 5.74) is 2.25. The van der Waals surface area contributed by atoms with Gasteiger partial charge in [-0.15, -0.1) is 0 Å². The van der Waals surface area contributed by atoms with Crippen LogP contribution in [0.2, 0.25) is 0 Å². The van der Waals surface area contributed by atoms with Crippen molar-refractivity contribution in [1.82, 2.24) is 20.2 Å². The Morgan fingerprint density at radius 3 is 2.75 bits per heavy atom. The predicted octanol–water partition coefficient (Wildman–Crippen LogP) is 1.48. The van der Waals surface area contributed by atoms with Gasteiger partial charge in [-0.25, -0.2) is 9.78 Å². The maximum Gasteiger partial charge on any atom is 0.321 e. The van der Waals surface area contributed by atoms with Crippen molar-refractivity contribution in [1.29, 1.82) is 0 Å². The molecule has 1 aromatic rings. The number of aromatic nitrogens is 2. The molecule has 1 aromatic heterocycles. The van der Waals surface area contributed by atoms with Crippen molar-refractivity contribution in [2.45, 2.75) is 52.5 Å². The maximum atomic E-state index is 12.1. The van der Waals surface area contributed by atoms with Gasteiger partial charge in [0.2, 0.25) is 0 Å². The summed E-state index contributed by atoms with van der Waals surface area (Å²) in [6.45, 7) is 6.02. The SMILES string of the molecule is CCNC(=O)NC(=O)C(C)n1c(C)nc2c1CCCC2. The molecule has 6 heteroatoms. The highest BCUT2D eigenvalue weighted by atomic mass is 16.2. The number of imide groups is 1. The van der Waals surface area contributed by atoms with E-state index in [-0.39, 0.29) is 5.91 Å². The molecule has 1 atom stereocenters. The lowest BCUT2D eigenvalue weighted by atomic mass is 10.0. The molecule has 6 nitrogen and oxygen atoms in total. The van der Waals surface area contributed by atoms with E-state index in [0.717, 1.165) is 42.9 Å². The predicted molar refractivity (Wildman–Crippen MR) is 75.5 cm³/mol. The molecule has 20 heavy (non-hydrogen) atoms. The number of carbonyl (C=O) groups excluding carboxylic acids is 2. The standard InChI is InChI=1S/C14H22N4O2/c1-4-15-14(20)17-13(19)9(2)18-10(3)16-11-7-5-6-8-12(11)18/h9H,4-8H2,1-3H3,(H2,15,17,19,20). The Balaban J connectivity index is 2.16. The molecule has 110 valence electrons. The molecule has 1 aliphatic carbocycles. The van der Waals surface area contributed by atoms with Crippen molar-refractivity contribution in [3.8, 4) is 0 Å². The maximum absolute atomic E-state index is 12.1. The van der Waals surface area contributed by atoms with Gasteiger partial charge in [0, 0.05) is 12.2 Å². The van der Waals surface area contributed by atoms with Crippen LogP contribution in [0.4, 0.5) is 4.79 Å². The summed E-state index contributed by atoms with van der Waals surface area (Å²) in [6.07, 6.45) is 4.22. The van der Waals surface area contributed by atoms with Crippen LogP contribution < -0.4 is 10.6 Å². The first-order chi connectivity index (χ1) is 9.54. The molecule has 0 spiro atoms. The zero-order valence-electron chi connectivity index (χ0n) is 12.3. The molecular formula is C14H22N4O2. The number of carbonyl (C=O) groups is 2. The quantitative estimate of drug-likeness (QED) is 0.879. The van der Waals surface area contributed by atoms with Crippen molar-refractivity contribution in [3.05, 3.63) is 17.2 Å². The van der Waals surface area contributed by atoms with Gasteiger partial charge in [-0.3, -0.25) is 10.1 Å². The highest BCUT2D eigenvalue weighted by Gasteiger charge is 2.25. The van der Waals surface area contributed by atoms with Crippen LogP contribution in [0, 0.1) is 6.92 Å². The summed E-state index contributed by atoms with van der Waals surface area (Å²) in [5.74, 6) is 0.542. The number of urea groups is 1. The molecule has 0 bridgehead atoms. The fraction of sp³-hybridized carbons (Fsp3) is 0.643. The van der Waals surface area contributed by atoms with Crippen LogP contribution in [0.1, 0.15) is 49.9 Å². The number of hydrogen-bond acceptors (Lipinski definition) is 3. The van der Waals surface area contributed by atoms with Gasteiger partial charge in [0.25, 0.3) is 5.91 Å². The number of amides is 3. The topological polar surface area (TPSA) is 76.0 Å². The van der Waals surface area contributed by atoms with E-state index in [4.69, 9.17) is 0 Å². The Hall–Kier alpha value is -1.85. The summed E-state index contributed by atoms with van der Waals surface area (Å²) in [5, 5.41) is 4.92. The molecule has 2 rings (SSSR count). The molecule has 0 aliphatic heterocycles. The van der Waals surface area contributed by atoms with Crippen molar-refractivity contribution in [2.75, 3.05) is 6.54 Å². The number of nitrogens with zero attached hydrogens (tertiary/aromatic N) is 2. The second-order valence-corrected chi connectivity index (χ2v) is 5.15. The average molecular weight is 278 g/mol. The molecule has 0 fully saturated rings. The molecular weight excluding hydrogens is 256 g/mol. The molecule has 1 unspecified atom stereocenters. The van der Waals surface area contributed by atoms with Crippen LogP contribution in [0.5, 0.6) is 0 Å². The minimum Gasteiger partial charge on any atom is -0.338 e. The van der Waals surface area contributed by atoms with E-state index in [1.807, 2.05) is 18.4 Å². The number of fused-ring (bicyclic) bond motifs is 1. The van der Waals surface area contributed by atoms with Crippen LogP contribution >= 0.6 is 0 Å². The van der Waals surface area contributed by atoms with Crippen LogP contribution in [-0.2, 0) is 17.6 Å². The van der Waals surface area contributed by atoms with Crippen LogP contribution in [0.15, 0.2) is 0 Å². The highest BCUT2D eigenvalue weighted by Crippen LogP contribution is 2.25. The summed E-state index contributed by atoms with van der Waals surface area (Å²) in [7, 11) is 0. The largest absolute Gasteiger partial charge is 0.338 e. The van der Waals surface area contributed by atoms with Gasteiger partial charge < -0.3 is 9.88 Å². The van der Waals surface area contributed by atoms with E-state index in [1.54, 1.807) is 6.92 Å².